The van der Waals surface area contributed by atoms with Crippen molar-refractivity contribution in [1.82, 2.24) is 4.57 Å². The molecular weight excluding hydrogens is 685 g/mol. The Morgan fingerprint density at radius 1 is 0.418 bits per heavy atom. The van der Waals surface area contributed by atoms with E-state index in [1.807, 2.05) is 11.3 Å². The largest absolute Gasteiger partial charge is 0.309 e. The van der Waals surface area contributed by atoms with Crippen molar-refractivity contribution in [1.29, 1.82) is 0 Å². The van der Waals surface area contributed by atoms with Crippen molar-refractivity contribution >= 4 is 81.1 Å². The number of para-hydroxylation sites is 1. The van der Waals surface area contributed by atoms with Gasteiger partial charge >= 0.3 is 0 Å². The first kappa shape index (κ1) is 31.6. The van der Waals surface area contributed by atoms with E-state index in [2.05, 4.69) is 216 Å². The molecule has 258 valence electrons. The lowest BCUT2D eigenvalue weighted by Crippen LogP contribution is -2.10. The van der Waals surface area contributed by atoms with Crippen LogP contribution in [0.25, 0.3) is 80.7 Å². The van der Waals surface area contributed by atoms with E-state index in [1.165, 1.54) is 80.7 Å². The number of hydrogen-bond donors (Lipinski definition) is 0. The van der Waals surface area contributed by atoms with Gasteiger partial charge in [0.25, 0.3) is 0 Å². The standard InChI is InChI=1S/C52H34N2S/c1-4-15-35(16-5-1)36-27-29-40(30-28-36)54-47-32-31-41(34-46(47)50-45(37-17-6-2-7-18-37)33-38-19-10-11-22-42(38)51(50)54)53(39-20-8-3-9-21-39)48-25-14-24-44-43-23-12-13-26-49(43)55-52(44)48/h1-34H. The van der Waals surface area contributed by atoms with Crippen molar-refractivity contribution < 1.29 is 0 Å². The Morgan fingerprint density at radius 3 is 1.84 bits per heavy atom. The molecule has 0 aliphatic carbocycles. The van der Waals surface area contributed by atoms with Crippen molar-refractivity contribution in [2.75, 3.05) is 4.90 Å². The molecular formula is C52H34N2S. The molecule has 3 heteroatoms. The predicted octanol–water partition coefficient (Wildman–Crippen LogP) is 15.1. The molecule has 0 bridgehead atoms. The van der Waals surface area contributed by atoms with Gasteiger partial charge in [-0.3, -0.25) is 0 Å². The SMILES string of the molecule is c1ccc(-c2ccc(-n3c4ccc(N(c5ccccc5)c5cccc6c5sc5ccccc56)cc4c4c(-c5ccccc5)cc5ccccc5c43)cc2)cc1. The molecule has 0 fully saturated rings. The van der Waals surface area contributed by atoms with Gasteiger partial charge in [0.1, 0.15) is 0 Å². The van der Waals surface area contributed by atoms with Gasteiger partial charge in [-0.2, -0.15) is 0 Å². The molecule has 2 aromatic heterocycles. The molecule has 9 aromatic carbocycles. The lowest BCUT2D eigenvalue weighted by Gasteiger charge is -2.26. The lowest BCUT2D eigenvalue weighted by molar-refractivity contribution is 1.19. The zero-order chi connectivity index (χ0) is 36.3. The van der Waals surface area contributed by atoms with Gasteiger partial charge in [0, 0.05) is 48.7 Å². The quantitative estimate of drug-likeness (QED) is 0.166. The summed E-state index contributed by atoms with van der Waals surface area (Å²) >= 11 is 1.87. The molecule has 2 nitrogen and oxygen atoms in total. The molecule has 0 unspecified atom stereocenters. The predicted molar refractivity (Wildman–Crippen MR) is 237 cm³/mol. The maximum atomic E-state index is 2.48. The van der Waals surface area contributed by atoms with Crippen LogP contribution in [0, 0.1) is 0 Å². The third-order valence-corrected chi connectivity index (χ3v) is 12.2. The average Bonchev–Trinajstić information content (AvgIpc) is 3.81. The number of rotatable bonds is 6. The second-order valence-electron chi connectivity index (χ2n) is 14.1. The smallest absolute Gasteiger partial charge is 0.0640 e. The number of fused-ring (bicyclic) bond motifs is 8. The van der Waals surface area contributed by atoms with Gasteiger partial charge in [-0.15, -0.1) is 11.3 Å². The fourth-order valence-corrected chi connectivity index (χ4v) is 9.68. The molecule has 0 atom stereocenters. The van der Waals surface area contributed by atoms with E-state index in [-0.39, 0.29) is 0 Å². The van der Waals surface area contributed by atoms with Gasteiger partial charge in [-0.25, -0.2) is 0 Å². The van der Waals surface area contributed by atoms with E-state index in [4.69, 9.17) is 0 Å². The van der Waals surface area contributed by atoms with Crippen molar-refractivity contribution in [3.8, 4) is 27.9 Å². The monoisotopic (exact) mass is 718 g/mol. The van der Waals surface area contributed by atoms with E-state index in [0.717, 1.165) is 17.1 Å². The molecule has 0 radical (unpaired) electrons. The fourth-order valence-electron chi connectivity index (χ4n) is 8.47. The molecule has 0 amide bonds. The van der Waals surface area contributed by atoms with Crippen LogP contribution in [0.4, 0.5) is 17.1 Å². The summed E-state index contributed by atoms with van der Waals surface area (Å²) < 4.78 is 5.07. The lowest BCUT2D eigenvalue weighted by atomic mass is 9.95. The molecule has 2 heterocycles. The van der Waals surface area contributed by atoms with E-state index >= 15 is 0 Å². The highest BCUT2D eigenvalue weighted by molar-refractivity contribution is 7.26. The zero-order valence-electron chi connectivity index (χ0n) is 29.9. The average molecular weight is 719 g/mol. The molecule has 0 aliphatic heterocycles. The van der Waals surface area contributed by atoms with Crippen molar-refractivity contribution in [2.45, 2.75) is 0 Å². The number of benzene rings is 9. The Hall–Kier alpha value is -6.94. The summed E-state index contributed by atoms with van der Waals surface area (Å²) in [5.74, 6) is 0. The molecule has 55 heavy (non-hydrogen) atoms. The second-order valence-corrected chi connectivity index (χ2v) is 15.2. The van der Waals surface area contributed by atoms with Gasteiger partial charge in [-0.1, -0.05) is 146 Å². The number of hydrogen-bond acceptors (Lipinski definition) is 2. The minimum absolute atomic E-state index is 1.12. The van der Waals surface area contributed by atoms with Gasteiger partial charge in [0.15, 0.2) is 0 Å². The molecule has 11 aromatic rings. The highest BCUT2D eigenvalue weighted by Gasteiger charge is 2.23. The van der Waals surface area contributed by atoms with Crippen LogP contribution in [0.3, 0.4) is 0 Å². The molecule has 0 saturated heterocycles. The van der Waals surface area contributed by atoms with Crippen LogP contribution < -0.4 is 4.90 Å². The minimum Gasteiger partial charge on any atom is -0.309 e. The van der Waals surface area contributed by atoms with Gasteiger partial charge in [0.05, 0.1) is 21.4 Å². The van der Waals surface area contributed by atoms with Crippen molar-refractivity contribution in [3.05, 3.63) is 206 Å². The molecule has 11 rings (SSSR count). The molecule has 0 spiro atoms. The highest BCUT2D eigenvalue weighted by atomic mass is 32.1. The first-order chi connectivity index (χ1) is 27.3. The van der Waals surface area contributed by atoms with Crippen LogP contribution in [-0.2, 0) is 0 Å². The summed E-state index contributed by atoms with van der Waals surface area (Å²) in [6, 6.07) is 75.1. The van der Waals surface area contributed by atoms with Gasteiger partial charge in [-0.05, 0) is 88.3 Å². The summed E-state index contributed by atoms with van der Waals surface area (Å²) in [7, 11) is 0. The summed E-state index contributed by atoms with van der Waals surface area (Å²) in [4.78, 5) is 2.44. The zero-order valence-corrected chi connectivity index (χ0v) is 30.7. The topological polar surface area (TPSA) is 8.17 Å². The van der Waals surface area contributed by atoms with Crippen LogP contribution in [-0.4, -0.2) is 4.57 Å². The van der Waals surface area contributed by atoms with E-state index in [0.29, 0.717) is 0 Å². The number of nitrogens with zero attached hydrogens (tertiary/aromatic N) is 2. The van der Waals surface area contributed by atoms with Crippen LogP contribution >= 0.6 is 11.3 Å². The second kappa shape index (κ2) is 12.9. The summed E-state index contributed by atoms with van der Waals surface area (Å²) in [5.41, 5.74) is 11.8. The third kappa shape index (κ3) is 5.16. The van der Waals surface area contributed by atoms with E-state index in [1.54, 1.807) is 0 Å². The summed E-state index contributed by atoms with van der Waals surface area (Å²) in [6.07, 6.45) is 0. The van der Waals surface area contributed by atoms with Crippen LogP contribution in [0.2, 0.25) is 0 Å². The number of aromatic nitrogens is 1. The maximum Gasteiger partial charge on any atom is 0.0640 e. The Labute approximate surface area is 323 Å². The Bertz CT molecular complexity index is 3180. The molecule has 0 saturated carbocycles. The van der Waals surface area contributed by atoms with E-state index in [9.17, 15) is 0 Å². The Balaban J connectivity index is 1.23. The van der Waals surface area contributed by atoms with Crippen LogP contribution in [0.15, 0.2) is 206 Å². The van der Waals surface area contributed by atoms with Crippen LogP contribution in [0.5, 0.6) is 0 Å². The highest BCUT2D eigenvalue weighted by Crippen LogP contribution is 2.48. The normalized spacial score (nSPS) is 11.6. The third-order valence-electron chi connectivity index (χ3n) is 11.0. The van der Waals surface area contributed by atoms with Gasteiger partial charge in [0.2, 0.25) is 0 Å². The molecule has 0 N–H and O–H groups in total. The van der Waals surface area contributed by atoms with Crippen molar-refractivity contribution in [3.63, 3.8) is 0 Å². The Morgan fingerprint density at radius 2 is 1.05 bits per heavy atom. The minimum atomic E-state index is 1.12. The van der Waals surface area contributed by atoms with Crippen molar-refractivity contribution in [2.24, 2.45) is 0 Å². The first-order valence-corrected chi connectivity index (χ1v) is 19.6. The van der Waals surface area contributed by atoms with Gasteiger partial charge < -0.3 is 9.47 Å². The summed E-state index contributed by atoms with van der Waals surface area (Å²) in [5, 5.41) is 7.51. The van der Waals surface area contributed by atoms with E-state index < -0.39 is 0 Å². The summed E-state index contributed by atoms with van der Waals surface area (Å²) in [6.45, 7) is 0. The molecule has 0 aliphatic rings. The fraction of sp³-hybridized carbons (Fsp3) is 0. The number of anilines is 3. The maximum absolute atomic E-state index is 2.48. The number of thiophene rings is 1. The Kier molecular flexibility index (Phi) is 7.39. The first-order valence-electron chi connectivity index (χ1n) is 18.8. The van der Waals surface area contributed by atoms with Crippen LogP contribution in [0.1, 0.15) is 0 Å².